The molecule has 3 rings (SSSR count). The Balaban J connectivity index is 1.86. The van der Waals surface area contributed by atoms with Gasteiger partial charge in [0.25, 0.3) is 5.91 Å². The highest BCUT2D eigenvalue weighted by molar-refractivity contribution is 9.10. The van der Waals surface area contributed by atoms with Gasteiger partial charge in [0.1, 0.15) is 23.2 Å². The molecule has 0 saturated heterocycles. The number of hydrogen-bond donors (Lipinski definition) is 1. The van der Waals surface area contributed by atoms with Crippen molar-refractivity contribution < 1.29 is 22.4 Å². The molecule has 9 heteroatoms. The number of alkyl halides is 3. The van der Waals surface area contributed by atoms with Crippen LogP contribution in [0.3, 0.4) is 0 Å². The van der Waals surface area contributed by atoms with Gasteiger partial charge < -0.3 is 9.73 Å². The Morgan fingerprint density at radius 1 is 1.13 bits per heavy atom. The van der Waals surface area contributed by atoms with E-state index in [1.807, 2.05) is 0 Å². The number of nitrogens with zero attached hydrogens (tertiary/aromatic N) is 1. The van der Waals surface area contributed by atoms with Crippen molar-refractivity contribution in [2.24, 2.45) is 0 Å². The number of halogens is 5. The highest BCUT2D eigenvalue weighted by atomic mass is 79.9. The number of nitriles is 1. The molecule has 2 aromatic carbocycles. The van der Waals surface area contributed by atoms with Crippen molar-refractivity contribution in [3.05, 3.63) is 81.0 Å². The number of rotatable bonds is 4. The summed E-state index contributed by atoms with van der Waals surface area (Å²) in [5.41, 5.74) is -0.583. The smallest absolute Gasteiger partial charge is 0.416 e. The summed E-state index contributed by atoms with van der Waals surface area (Å²) in [5.74, 6) is -0.473. The number of benzene rings is 2. The Morgan fingerprint density at radius 3 is 2.47 bits per heavy atom. The molecule has 1 heterocycles. The van der Waals surface area contributed by atoms with Crippen molar-refractivity contribution in [2.45, 2.75) is 6.18 Å². The minimum atomic E-state index is -4.53. The van der Waals surface area contributed by atoms with Crippen molar-refractivity contribution in [1.82, 2.24) is 0 Å². The van der Waals surface area contributed by atoms with Gasteiger partial charge in [-0.2, -0.15) is 18.4 Å². The van der Waals surface area contributed by atoms with E-state index >= 15 is 0 Å². The minimum absolute atomic E-state index is 0.0453. The Kier molecular flexibility index (Phi) is 6.34. The van der Waals surface area contributed by atoms with Gasteiger partial charge in [0.15, 0.2) is 0 Å². The molecule has 0 aliphatic heterocycles. The Labute approximate surface area is 182 Å². The standard InChI is InChI=1S/C21H11BrClF3N2O2/c22-14-2-4-15(5-3-14)28-20(29)12(11-27)9-16-6-8-19(30-16)17-10-13(21(24,25)26)1-7-18(17)23/h1-10H,(H,28,29). The highest BCUT2D eigenvalue weighted by Crippen LogP contribution is 2.36. The molecule has 0 radical (unpaired) electrons. The van der Waals surface area contributed by atoms with Gasteiger partial charge in [-0.3, -0.25) is 4.79 Å². The third kappa shape index (κ3) is 5.12. The molecule has 0 saturated carbocycles. The first kappa shape index (κ1) is 21.7. The van der Waals surface area contributed by atoms with E-state index in [4.69, 9.17) is 16.0 Å². The minimum Gasteiger partial charge on any atom is -0.457 e. The van der Waals surface area contributed by atoms with Crippen LogP contribution in [0.2, 0.25) is 5.02 Å². The lowest BCUT2D eigenvalue weighted by Crippen LogP contribution is -2.13. The molecule has 0 aliphatic rings. The second kappa shape index (κ2) is 8.78. The number of carbonyl (C=O) groups is 1. The fourth-order valence-corrected chi connectivity index (χ4v) is 2.96. The second-order valence-electron chi connectivity index (χ2n) is 6.03. The van der Waals surface area contributed by atoms with Crippen molar-refractivity contribution in [3.8, 4) is 17.4 Å². The number of carbonyl (C=O) groups excluding carboxylic acids is 1. The summed E-state index contributed by atoms with van der Waals surface area (Å²) >= 11 is 9.29. The van der Waals surface area contributed by atoms with Crippen LogP contribution in [0.15, 0.2) is 69.1 Å². The van der Waals surface area contributed by atoms with Gasteiger partial charge in [0, 0.05) is 21.8 Å². The molecule has 4 nitrogen and oxygen atoms in total. The topological polar surface area (TPSA) is 66.0 Å². The molecule has 0 bridgehead atoms. The molecule has 0 fully saturated rings. The third-order valence-corrected chi connectivity index (χ3v) is 4.80. The summed E-state index contributed by atoms with van der Waals surface area (Å²) in [6, 6.07) is 14.2. The lowest BCUT2D eigenvalue weighted by Gasteiger charge is -2.09. The van der Waals surface area contributed by atoms with Crippen molar-refractivity contribution in [3.63, 3.8) is 0 Å². The fourth-order valence-electron chi connectivity index (χ4n) is 2.49. The molecule has 0 unspecified atom stereocenters. The van der Waals surface area contributed by atoms with Gasteiger partial charge >= 0.3 is 6.18 Å². The summed E-state index contributed by atoms with van der Waals surface area (Å²) in [5, 5.41) is 11.9. The first-order valence-electron chi connectivity index (χ1n) is 8.33. The second-order valence-corrected chi connectivity index (χ2v) is 7.35. The third-order valence-electron chi connectivity index (χ3n) is 3.94. The average molecular weight is 496 g/mol. The van der Waals surface area contributed by atoms with E-state index in [9.17, 15) is 23.2 Å². The van der Waals surface area contributed by atoms with E-state index in [1.165, 1.54) is 18.2 Å². The molecule has 0 atom stereocenters. The highest BCUT2D eigenvalue weighted by Gasteiger charge is 2.31. The van der Waals surface area contributed by atoms with Crippen LogP contribution in [0, 0.1) is 11.3 Å². The lowest BCUT2D eigenvalue weighted by atomic mass is 10.1. The molecule has 0 spiro atoms. The van der Waals surface area contributed by atoms with Crippen molar-refractivity contribution >= 4 is 45.2 Å². The van der Waals surface area contributed by atoms with E-state index < -0.39 is 17.6 Å². The van der Waals surface area contributed by atoms with Crippen LogP contribution in [0.5, 0.6) is 0 Å². The van der Waals surface area contributed by atoms with E-state index in [0.29, 0.717) is 5.69 Å². The summed E-state index contributed by atoms with van der Waals surface area (Å²) in [6.07, 6.45) is -3.34. The molecule has 152 valence electrons. The van der Waals surface area contributed by atoms with E-state index in [1.54, 1.807) is 30.3 Å². The van der Waals surface area contributed by atoms with Crippen LogP contribution < -0.4 is 5.32 Å². The van der Waals surface area contributed by atoms with Gasteiger partial charge in [0.2, 0.25) is 0 Å². The van der Waals surface area contributed by atoms with Crippen LogP contribution in [-0.4, -0.2) is 5.91 Å². The Hall–Kier alpha value is -3.02. The van der Waals surface area contributed by atoms with E-state index in [-0.39, 0.29) is 27.7 Å². The maximum absolute atomic E-state index is 13.0. The number of anilines is 1. The number of hydrogen-bond acceptors (Lipinski definition) is 3. The van der Waals surface area contributed by atoms with Crippen molar-refractivity contribution in [1.29, 1.82) is 5.26 Å². The molecular formula is C21H11BrClF3N2O2. The zero-order valence-electron chi connectivity index (χ0n) is 14.9. The Morgan fingerprint density at radius 2 is 1.83 bits per heavy atom. The monoisotopic (exact) mass is 494 g/mol. The average Bonchev–Trinajstić information content (AvgIpc) is 3.15. The quantitative estimate of drug-likeness (QED) is 0.315. The lowest BCUT2D eigenvalue weighted by molar-refractivity contribution is -0.137. The number of amides is 1. The SMILES string of the molecule is N#CC(=Cc1ccc(-c2cc(C(F)(F)F)ccc2Cl)o1)C(=O)Nc1ccc(Br)cc1. The van der Waals surface area contributed by atoms with Gasteiger partial charge in [0.05, 0.1) is 10.6 Å². The first-order chi connectivity index (χ1) is 14.2. The molecule has 1 aromatic heterocycles. The van der Waals surface area contributed by atoms with Gasteiger partial charge in [-0.15, -0.1) is 0 Å². The van der Waals surface area contributed by atoms with E-state index in [2.05, 4.69) is 21.2 Å². The van der Waals surface area contributed by atoms with E-state index in [0.717, 1.165) is 22.7 Å². The van der Waals surface area contributed by atoms with Crippen LogP contribution in [-0.2, 0) is 11.0 Å². The predicted octanol–water partition coefficient (Wildman–Crippen LogP) is 6.93. The molecule has 1 N–H and O–H groups in total. The first-order valence-corrected chi connectivity index (χ1v) is 9.50. The molecule has 1 amide bonds. The maximum atomic E-state index is 13.0. The zero-order valence-corrected chi connectivity index (χ0v) is 17.3. The predicted molar refractivity (Wildman–Crippen MR) is 111 cm³/mol. The van der Waals surface area contributed by atoms with Crippen LogP contribution >= 0.6 is 27.5 Å². The number of nitrogens with one attached hydrogen (secondary N) is 1. The van der Waals surface area contributed by atoms with Crippen molar-refractivity contribution in [2.75, 3.05) is 5.32 Å². The van der Waals surface area contributed by atoms with Gasteiger partial charge in [-0.05, 0) is 54.6 Å². The van der Waals surface area contributed by atoms with Gasteiger partial charge in [-0.1, -0.05) is 27.5 Å². The Bertz CT molecular complexity index is 1160. The summed E-state index contributed by atoms with van der Waals surface area (Å²) in [6.45, 7) is 0. The largest absolute Gasteiger partial charge is 0.457 e. The zero-order chi connectivity index (χ0) is 21.9. The summed E-state index contributed by atoms with van der Waals surface area (Å²) in [7, 11) is 0. The molecular weight excluding hydrogens is 485 g/mol. The fraction of sp³-hybridized carbons (Fsp3) is 0.0476. The normalized spacial score (nSPS) is 11.8. The molecule has 0 aliphatic carbocycles. The molecule has 3 aromatic rings. The maximum Gasteiger partial charge on any atom is 0.416 e. The van der Waals surface area contributed by atoms with Crippen LogP contribution in [0.25, 0.3) is 17.4 Å². The summed E-state index contributed by atoms with van der Waals surface area (Å²) in [4.78, 5) is 12.3. The van der Waals surface area contributed by atoms with Crippen LogP contribution in [0.4, 0.5) is 18.9 Å². The summed E-state index contributed by atoms with van der Waals surface area (Å²) < 4.78 is 45.2. The van der Waals surface area contributed by atoms with Crippen LogP contribution in [0.1, 0.15) is 11.3 Å². The van der Waals surface area contributed by atoms with Gasteiger partial charge in [-0.25, -0.2) is 0 Å². The molecule has 30 heavy (non-hydrogen) atoms. The number of furan rings is 1.